The smallest absolute Gasteiger partial charge is 0.261 e. The molecular weight excluding hydrogens is 414 g/mol. The molecule has 0 saturated carbocycles. The molecule has 0 amide bonds. The predicted molar refractivity (Wildman–Crippen MR) is 111 cm³/mol. The van der Waals surface area contributed by atoms with Gasteiger partial charge in [0.15, 0.2) is 10.7 Å². The molecule has 2 unspecified atom stereocenters. The van der Waals surface area contributed by atoms with Gasteiger partial charge in [0.05, 0.1) is 35.2 Å². The Morgan fingerprint density at radius 2 is 2.31 bits per heavy atom. The maximum absolute atomic E-state index is 12.6. The lowest BCUT2D eigenvalue weighted by Crippen LogP contribution is -2.30. The van der Waals surface area contributed by atoms with Crippen LogP contribution in [0.5, 0.6) is 0 Å². The van der Waals surface area contributed by atoms with E-state index >= 15 is 0 Å². The van der Waals surface area contributed by atoms with Gasteiger partial charge in [-0.05, 0) is 35.8 Å². The highest BCUT2D eigenvalue weighted by atomic mass is 35.5. The molecule has 150 valence electrons. The molecule has 3 aromatic rings. The Bertz CT molecular complexity index is 1150. The fourth-order valence-electron chi connectivity index (χ4n) is 3.49. The van der Waals surface area contributed by atoms with Gasteiger partial charge in [0, 0.05) is 24.6 Å². The lowest BCUT2D eigenvalue weighted by atomic mass is 9.96. The van der Waals surface area contributed by atoms with Crippen LogP contribution in [-0.4, -0.2) is 38.8 Å². The third kappa shape index (κ3) is 3.72. The van der Waals surface area contributed by atoms with E-state index in [4.69, 9.17) is 16.3 Å². The van der Waals surface area contributed by atoms with E-state index in [-0.39, 0.29) is 17.5 Å². The molecule has 0 bridgehead atoms. The Kier molecular flexibility index (Phi) is 5.52. The Labute approximate surface area is 174 Å². The molecule has 0 spiro atoms. The highest BCUT2D eigenvalue weighted by molar-refractivity contribution is 7.90. The second-order valence-electron chi connectivity index (χ2n) is 6.75. The number of nitriles is 1. The summed E-state index contributed by atoms with van der Waals surface area (Å²) in [5, 5.41) is 18.1. The first-order valence-corrected chi connectivity index (χ1v) is 10.9. The van der Waals surface area contributed by atoms with E-state index in [1.54, 1.807) is 41.4 Å². The van der Waals surface area contributed by atoms with Crippen molar-refractivity contribution in [2.75, 3.05) is 24.8 Å². The molecule has 1 fully saturated rings. The van der Waals surface area contributed by atoms with E-state index in [9.17, 15) is 14.6 Å². The number of nitrogens with zero attached hydrogens (tertiary/aromatic N) is 3. The quantitative estimate of drug-likeness (QED) is 0.613. The van der Waals surface area contributed by atoms with E-state index in [1.165, 1.54) is 0 Å². The Morgan fingerprint density at radius 3 is 3.07 bits per heavy atom. The number of ether oxygens (including phenoxy) is 1. The number of aromatic amines is 1. The van der Waals surface area contributed by atoms with Gasteiger partial charge in [-0.25, -0.2) is 0 Å². The number of hydrogen-bond acceptors (Lipinski definition) is 6. The topological polar surface area (TPSA) is 119 Å². The van der Waals surface area contributed by atoms with E-state index in [0.29, 0.717) is 52.0 Å². The fraction of sp³-hybridized carbons (Fsp3) is 0.316. The van der Waals surface area contributed by atoms with Crippen LogP contribution < -0.4 is 10.9 Å². The van der Waals surface area contributed by atoms with Crippen molar-refractivity contribution >= 4 is 45.2 Å². The minimum absolute atomic E-state index is 0.261. The highest BCUT2D eigenvalue weighted by Crippen LogP contribution is 2.32. The van der Waals surface area contributed by atoms with Gasteiger partial charge in [0.2, 0.25) is 0 Å². The second kappa shape index (κ2) is 8.08. The van der Waals surface area contributed by atoms with Gasteiger partial charge >= 0.3 is 0 Å². The number of rotatable bonds is 4. The van der Waals surface area contributed by atoms with Crippen LogP contribution in [0.1, 0.15) is 12.5 Å². The van der Waals surface area contributed by atoms with Crippen molar-refractivity contribution in [2.24, 2.45) is 5.92 Å². The summed E-state index contributed by atoms with van der Waals surface area (Å²) in [4.78, 5) is 15.7. The maximum atomic E-state index is 12.6. The first-order valence-electron chi connectivity index (χ1n) is 8.97. The second-order valence-corrected chi connectivity index (χ2v) is 8.51. The van der Waals surface area contributed by atoms with Crippen LogP contribution in [0.3, 0.4) is 0 Å². The lowest BCUT2D eigenvalue weighted by molar-refractivity contribution is 0.0359. The maximum Gasteiger partial charge on any atom is 0.261 e. The molecule has 1 aliphatic heterocycles. The van der Waals surface area contributed by atoms with Crippen LogP contribution in [-0.2, 0) is 15.9 Å². The molecule has 4 rings (SSSR count). The number of hydrogen-bond donors (Lipinski definition) is 2. The van der Waals surface area contributed by atoms with Crippen LogP contribution in [0.25, 0.3) is 10.9 Å². The van der Waals surface area contributed by atoms with Crippen molar-refractivity contribution in [1.82, 2.24) is 14.8 Å². The summed E-state index contributed by atoms with van der Waals surface area (Å²) >= 11 is 4.85. The van der Waals surface area contributed by atoms with Crippen LogP contribution in [0, 0.1) is 17.2 Å². The van der Waals surface area contributed by atoms with Crippen molar-refractivity contribution in [1.29, 1.82) is 5.26 Å². The van der Waals surface area contributed by atoms with Crippen molar-refractivity contribution in [3.63, 3.8) is 0 Å². The molecule has 2 N–H and O–H groups in total. The standard InChI is InChI=1S/C19H18ClN5O3S/c1-29(27)16-8-12(2-3-13(16)20)23-18-17-14(4-6-22-19(17)26)25(24-18)15-10-28-7-5-11(15)9-21/h2-4,6,8,11,15H,5,7,10H2,1H3,(H,22,26)(H,23,24)/t11?,15-,29?/m0/s1. The molecule has 1 aromatic carbocycles. The minimum atomic E-state index is -1.26. The molecule has 1 saturated heterocycles. The van der Waals surface area contributed by atoms with Crippen LogP contribution >= 0.6 is 11.6 Å². The first-order chi connectivity index (χ1) is 14.0. The average molecular weight is 432 g/mol. The molecule has 3 heterocycles. The number of H-pyrrole nitrogens is 1. The number of pyridine rings is 1. The zero-order valence-corrected chi connectivity index (χ0v) is 17.1. The van der Waals surface area contributed by atoms with Crippen LogP contribution in [0.2, 0.25) is 5.02 Å². The summed E-state index contributed by atoms with van der Waals surface area (Å²) in [5.41, 5.74) is 0.918. The SMILES string of the molecule is C[S+]([O-])c1cc(Nc2nn([C@H]3COCCC3C#N)c3cc[nH]c(=O)c23)ccc1Cl. The van der Waals surface area contributed by atoms with Crippen molar-refractivity contribution < 1.29 is 9.29 Å². The van der Waals surface area contributed by atoms with Gasteiger partial charge in [-0.2, -0.15) is 10.4 Å². The summed E-state index contributed by atoms with van der Waals surface area (Å²) < 4.78 is 19.1. The number of benzene rings is 1. The fourth-order valence-corrected chi connectivity index (χ4v) is 4.57. The summed E-state index contributed by atoms with van der Waals surface area (Å²) in [7, 11) is 0. The lowest BCUT2D eigenvalue weighted by Gasteiger charge is -2.27. The summed E-state index contributed by atoms with van der Waals surface area (Å²) in [6.45, 7) is 0.877. The predicted octanol–water partition coefficient (Wildman–Crippen LogP) is 2.96. The normalized spacial score (nSPS) is 20.3. The van der Waals surface area contributed by atoms with Gasteiger partial charge in [0.25, 0.3) is 5.56 Å². The summed E-state index contributed by atoms with van der Waals surface area (Å²) in [6.07, 6.45) is 3.71. The van der Waals surface area contributed by atoms with Gasteiger partial charge in [-0.1, -0.05) is 11.6 Å². The molecule has 2 aromatic heterocycles. The van der Waals surface area contributed by atoms with E-state index in [1.807, 2.05) is 0 Å². The zero-order chi connectivity index (χ0) is 20.5. The molecule has 8 nitrogen and oxygen atoms in total. The van der Waals surface area contributed by atoms with Crippen molar-refractivity contribution in [3.8, 4) is 6.07 Å². The highest BCUT2D eigenvalue weighted by Gasteiger charge is 2.30. The Balaban J connectivity index is 1.81. The molecule has 3 atom stereocenters. The largest absolute Gasteiger partial charge is 0.612 e. The van der Waals surface area contributed by atoms with Crippen LogP contribution in [0.15, 0.2) is 40.2 Å². The number of aromatic nitrogens is 3. The molecule has 1 aliphatic rings. The average Bonchev–Trinajstić information content (AvgIpc) is 3.08. The van der Waals surface area contributed by atoms with Gasteiger partial charge < -0.3 is 19.6 Å². The number of nitrogens with one attached hydrogen (secondary N) is 2. The third-order valence-corrected chi connectivity index (χ3v) is 6.34. The number of anilines is 2. The Hall–Kier alpha value is -2.51. The molecule has 0 aliphatic carbocycles. The van der Waals surface area contributed by atoms with E-state index < -0.39 is 11.2 Å². The first kappa shape index (κ1) is 19.8. The molecule has 29 heavy (non-hydrogen) atoms. The van der Waals surface area contributed by atoms with E-state index in [2.05, 4.69) is 21.5 Å². The Morgan fingerprint density at radius 1 is 1.48 bits per heavy atom. The minimum Gasteiger partial charge on any atom is -0.612 e. The van der Waals surface area contributed by atoms with Gasteiger partial charge in [-0.15, -0.1) is 0 Å². The molecule has 10 heteroatoms. The summed E-state index contributed by atoms with van der Waals surface area (Å²) in [6, 6.07) is 8.82. The number of halogens is 1. The van der Waals surface area contributed by atoms with Crippen molar-refractivity contribution in [3.05, 3.63) is 45.8 Å². The number of fused-ring (bicyclic) bond motifs is 1. The van der Waals surface area contributed by atoms with Gasteiger partial charge in [-0.3, -0.25) is 9.48 Å². The molecular formula is C19H18ClN5O3S. The van der Waals surface area contributed by atoms with Crippen molar-refractivity contribution in [2.45, 2.75) is 17.4 Å². The monoisotopic (exact) mass is 431 g/mol. The molecule has 0 radical (unpaired) electrons. The summed E-state index contributed by atoms with van der Waals surface area (Å²) in [5.74, 6) is 0.0860. The third-order valence-electron chi connectivity index (χ3n) is 4.94. The van der Waals surface area contributed by atoms with Gasteiger partial charge in [0.1, 0.15) is 11.6 Å². The van der Waals surface area contributed by atoms with Crippen LogP contribution in [0.4, 0.5) is 11.5 Å². The zero-order valence-electron chi connectivity index (χ0n) is 15.5. The van der Waals surface area contributed by atoms with E-state index in [0.717, 1.165) is 0 Å².